The number of hydrogen-bond donors (Lipinski definition) is 2. The number of nitrogens with zero attached hydrogens (tertiary/aromatic N) is 1. The van der Waals surface area contributed by atoms with Crippen LogP contribution in [0, 0.1) is 5.92 Å². The number of amides is 2. The molecule has 0 aromatic heterocycles. The topological polar surface area (TPSA) is 89.4 Å². The van der Waals surface area contributed by atoms with Gasteiger partial charge in [0.25, 0.3) is 0 Å². The van der Waals surface area contributed by atoms with Crippen LogP contribution in [0.15, 0.2) is 30.3 Å². The summed E-state index contributed by atoms with van der Waals surface area (Å²) in [5, 5.41) is 0. The fourth-order valence-corrected chi connectivity index (χ4v) is 1.56. The standard InChI is InChI=1S/C13H19N3O2.ClH/c1-10(9-14)13(18)16(8-7-12(15)17)11-5-3-2-4-6-11;/h2-6,10H,7-9,14H2,1H3,(H2,15,17);1H. The molecule has 0 saturated heterocycles. The van der Waals surface area contributed by atoms with Crippen LogP contribution in [0.1, 0.15) is 13.3 Å². The van der Waals surface area contributed by atoms with Crippen LogP contribution >= 0.6 is 12.4 Å². The van der Waals surface area contributed by atoms with Gasteiger partial charge in [-0.05, 0) is 12.1 Å². The molecule has 2 amide bonds. The highest BCUT2D eigenvalue weighted by Crippen LogP contribution is 2.16. The molecule has 0 saturated carbocycles. The van der Waals surface area contributed by atoms with Crippen molar-refractivity contribution in [2.75, 3.05) is 18.0 Å². The third-order valence-corrected chi connectivity index (χ3v) is 2.69. The molecule has 1 unspecified atom stereocenters. The van der Waals surface area contributed by atoms with Gasteiger partial charge < -0.3 is 16.4 Å². The van der Waals surface area contributed by atoms with E-state index in [4.69, 9.17) is 11.5 Å². The fraction of sp³-hybridized carbons (Fsp3) is 0.385. The Balaban J connectivity index is 0.00000324. The first-order valence-corrected chi connectivity index (χ1v) is 5.91. The number of anilines is 1. The second kappa shape index (κ2) is 8.50. The van der Waals surface area contributed by atoms with Gasteiger partial charge in [-0.15, -0.1) is 12.4 Å². The molecule has 0 aliphatic carbocycles. The van der Waals surface area contributed by atoms with Gasteiger partial charge in [-0.3, -0.25) is 9.59 Å². The number of benzene rings is 1. The number of para-hydroxylation sites is 1. The van der Waals surface area contributed by atoms with Crippen molar-refractivity contribution < 1.29 is 9.59 Å². The molecule has 106 valence electrons. The molecular weight excluding hydrogens is 266 g/mol. The molecule has 4 N–H and O–H groups in total. The first-order chi connectivity index (χ1) is 8.56. The van der Waals surface area contributed by atoms with Gasteiger partial charge in [0, 0.05) is 31.1 Å². The lowest BCUT2D eigenvalue weighted by Crippen LogP contribution is -2.39. The minimum absolute atomic E-state index is 0. The molecule has 1 aromatic rings. The van der Waals surface area contributed by atoms with Crippen molar-refractivity contribution in [1.29, 1.82) is 0 Å². The summed E-state index contributed by atoms with van der Waals surface area (Å²) in [6, 6.07) is 9.19. The zero-order valence-electron chi connectivity index (χ0n) is 10.9. The van der Waals surface area contributed by atoms with Crippen LogP contribution in [0.25, 0.3) is 0 Å². The van der Waals surface area contributed by atoms with E-state index >= 15 is 0 Å². The highest BCUT2D eigenvalue weighted by molar-refractivity contribution is 5.95. The number of hydrogen-bond acceptors (Lipinski definition) is 3. The third kappa shape index (κ3) is 5.28. The summed E-state index contributed by atoms with van der Waals surface area (Å²) in [5.41, 5.74) is 11.4. The van der Waals surface area contributed by atoms with E-state index in [0.717, 1.165) is 5.69 Å². The average molecular weight is 286 g/mol. The maximum Gasteiger partial charge on any atom is 0.231 e. The summed E-state index contributed by atoms with van der Waals surface area (Å²) >= 11 is 0. The predicted molar refractivity (Wildman–Crippen MR) is 78.1 cm³/mol. The Morgan fingerprint density at radius 3 is 2.32 bits per heavy atom. The third-order valence-electron chi connectivity index (χ3n) is 2.69. The Morgan fingerprint density at radius 2 is 1.84 bits per heavy atom. The SMILES string of the molecule is CC(CN)C(=O)N(CCC(N)=O)c1ccccc1.Cl. The molecule has 0 bridgehead atoms. The quantitative estimate of drug-likeness (QED) is 0.814. The molecule has 0 aliphatic heterocycles. The Kier molecular flexibility index (Phi) is 7.79. The molecule has 0 fully saturated rings. The van der Waals surface area contributed by atoms with E-state index in [1.807, 2.05) is 30.3 Å². The number of carbonyl (C=O) groups excluding carboxylic acids is 2. The van der Waals surface area contributed by atoms with E-state index < -0.39 is 5.91 Å². The van der Waals surface area contributed by atoms with Crippen LogP contribution < -0.4 is 16.4 Å². The van der Waals surface area contributed by atoms with Crippen LogP contribution in [-0.2, 0) is 9.59 Å². The molecule has 0 radical (unpaired) electrons. The normalized spacial score (nSPS) is 11.3. The van der Waals surface area contributed by atoms with E-state index in [9.17, 15) is 9.59 Å². The second-order valence-corrected chi connectivity index (χ2v) is 4.18. The summed E-state index contributed by atoms with van der Waals surface area (Å²) in [6.07, 6.45) is 0.137. The van der Waals surface area contributed by atoms with E-state index in [2.05, 4.69) is 0 Å². The zero-order chi connectivity index (χ0) is 13.5. The fourth-order valence-electron chi connectivity index (χ4n) is 1.56. The summed E-state index contributed by atoms with van der Waals surface area (Å²) < 4.78 is 0. The van der Waals surface area contributed by atoms with Gasteiger partial charge in [-0.1, -0.05) is 25.1 Å². The number of nitrogens with two attached hydrogens (primary N) is 2. The van der Waals surface area contributed by atoms with Crippen molar-refractivity contribution in [3.8, 4) is 0 Å². The number of carbonyl (C=O) groups is 2. The first-order valence-electron chi connectivity index (χ1n) is 5.91. The minimum Gasteiger partial charge on any atom is -0.370 e. The Hall–Kier alpha value is -1.59. The number of primary amides is 1. The van der Waals surface area contributed by atoms with Gasteiger partial charge >= 0.3 is 0 Å². The van der Waals surface area contributed by atoms with Gasteiger partial charge in [0.15, 0.2) is 0 Å². The van der Waals surface area contributed by atoms with Gasteiger partial charge in [0.1, 0.15) is 0 Å². The number of halogens is 1. The Labute approximate surface area is 119 Å². The molecule has 19 heavy (non-hydrogen) atoms. The summed E-state index contributed by atoms with van der Waals surface area (Å²) in [7, 11) is 0. The molecule has 5 nitrogen and oxygen atoms in total. The van der Waals surface area contributed by atoms with E-state index in [1.165, 1.54) is 0 Å². The highest BCUT2D eigenvalue weighted by Gasteiger charge is 2.20. The number of rotatable bonds is 6. The van der Waals surface area contributed by atoms with Crippen LogP contribution in [0.3, 0.4) is 0 Å². The molecule has 6 heteroatoms. The Morgan fingerprint density at radius 1 is 1.26 bits per heavy atom. The van der Waals surface area contributed by atoms with E-state index in [-0.39, 0.29) is 43.7 Å². The van der Waals surface area contributed by atoms with Crippen molar-refractivity contribution in [2.24, 2.45) is 17.4 Å². The lowest BCUT2D eigenvalue weighted by Gasteiger charge is -2.25. The van der Waals surface area contributed by atoms with Gasteiger partial charge in [0.2, 0.25) is 11.8 Å². The maximum atomic E-state index is 12.2. The van der Waals surface area contributed by atoms with Crippen molar-refractivity contribution in [3.63, 3.8) is 0 Å². The van der Waals surface area contributed by atoms with Crippen molar-refractivity contribution in [2.45, 2.75) is 13.3 Å². The summed E-state index contributed by atoms with van der Waals surface area (Å²) in [5.74, 6) is -0.799. The van der Waals surface area contributed by atoms with E-state index in [0.29, 0.717) is 0 Å². The van der Waals surface area contributed by atoms with Crippen molar-refractivity contribution >= 4 is 29.9 Å². The largest absolute Gasteiger partial charge is 0.370 e. The summed E-state index contributed by atoms with van der Waals surface area (Å²) in [6.45, 7) is 2.32. The molecule has 0 heterocycles. The van der Waals surface area contributed by atoms with Gasteiger partial charge in [-0.2, -0.15) is 0 Å². The lowest BCUT2D eigenvalue weighted by molar-refractivity contribution is -0.121. The monoisotopic (exact) mass is 285 g/mol. The summed E-state index contributed by atoms with van der Waals surface area (Å²) in [4.78, 5) is 24.6. The lowest BCUT2D eigenvalue weighted by atomic mass is 10.1. The smallest absolute Gasteiger partial charge is 0.231 e. The Bertz CT molecular complexity index is 412. The molecule has 1 atom stereocenters. The van der Waals surface area contributed by atoms with E-state index in [1.54, 1.807) is 11.8 Å². The van der Waals surface area contributed by atoms with Crippen LogP contribution in [-0.4, -0.2) is 24.9 Å². The highest BCUT2D eigenvalue weighted by atomic mass is 35.5. The molecule has 1 aromatic carbocycles. The van der Waals surface area contributed by atoms with Crippen LogP contribution in [0.5, 0.6) is 0 Å². The van der Waals surface area contributed by atoms with Crippen molar-refractivity contribution in [3.05, 3.63) is 30.3 Å². The maximum absolute atomic E-state index is 12.2. The van der Waals surface area contributed by atoms with Crippen LogP contribution in [0.2, 0.25) is 0 Å². The predicted octanol–water partition coefficient (Wildman–Crippen LogP) is 0.912. The first kappa shape index (κ1) is 17.4. The molecular formula is C13H20ClN3O2. The molecule has 1 rings (SSSR count). The molecule has 0 aliphatic rings. The van der Waals surface area contributed by atoms with Gasteiger partial charge in [-0.25, -0.2) is 0 Å². The zero-order valence-corrected chi connectivity index (χ0v) is 11.7. The van der Waals surface area contributed by atoms with Gasteiger partial charge in [0.05, 0.1) is 0 Å². The second-order valence-electron chi connectivity index (χ2n) is 4.18. The average Bonchev–Trinajstić information content (AvgIpc) is 2.38. The molecule has 0 spiro atoms. The van der Waals surface area contributed by atoms with Crippen LogP contribution in [0.4, 0.5) is 5.69 Å². The van der Waals surface area contributed by atoms with Crippen molar-refractivity contribution in [1.82, 2.24) is 0 Å². The minimum atomic E-state index is -0.427.